The molecule has 2 unspecified atom stereocenters. The monoisotopic (exact) mass is 390 g/mol. The van der Waals surface area contributed by atoms with Crippen LogP contribution in [-0.2, 0) is 14.8 Å². The Morgan fingerprint density at radius 3 is 2.40 bits per heavy atom. The zero-order chi connectivity index (χ0) is 18.8. The maximum Gasteiger partial charge on any atom is 0.328 e. The number of sulfonamides is 1. The number of nitrogens with one attached hydrogen (secondary N) is 1. The Kier molecular flexibility index (Phi) is 6.04. The maximum atomic E-state index is 12.6. The van der Waals surface area contributed by atoms with Crippen molar-refractivity contribution in [1.29, 1.82) is 0 Å². The minimum Gasteiger partial charge on any atom is -0.480 e. The van der Waals surface area contributed by atoms with Crippen LogP contribution in [0.5, 0.6) is 0 Å². The number of carboxylic acid groups (broad SMARTS) is 1. The average Bonchev–Trinajstić information content (AvgIpc) is 3.07. The van der Waals surface area contributed by atoms with Gasteiger partial charge in [-0.3, -0.25) is 4.79 Å². The molecule has 2 atom stereocenters. The van der Waals surface area contributed by atoms with Crippen LogP contribution in [0.4, 0.5) is 0 Å². The molecule has 0 radical (unpaired) electrons. The van der Waals surface area contributed by atoms with Crippen molar-refractivity contribution in [2.75, 3.05) is 13.1 Å². The van der Waals surface area contributed by atoms with E-state index in [1.807, 2.05) is 0 Å². The lowest BCUT2D eigenvalue weighted by Crippen LogP contribution is -2.47. The van der Waals surface area contributed by atoms with Gasteiger partial charge in [-0.25, -0.2) is 13.2 Å². The highest BCUT2D eigenvalue weighted by Gasteiger charge is 2.31. The molecule has 0 spiro atoms. The van der Waals surface area contributed by atoms with Crippen LogP contribution in [0.3, 0.4) is 0 Å². The lowest BCUT2D eigenvalue weighted by Gasteiger charge is -2.19. The first-order valence-electron chi connectivity index (χ1n) is 7.66. The van der Waals surface area contributed by atoms with Crippen molar-refractivity contribution in [3.63, 3.8) is 0 Å². The number of aliphatic hydroxyl groups excluding tert-OH is 1. The summed E-state index contributed by atoms with van der Waals surface area (Å²) in [4.78, 5) is 23.1. The molecule has 25 heavy (non-hydrogen) atoms. The van der Waals surface area contributed by atoms with E-state index in [2.05, 4.69) is 5.32 Å². The van der Waals surface area contributed by atoms with Crippen LogP contribution in [0.15, 0.2) is 23.1 Å². The van der Waals surface area contributed by atoms with Crippen molar-refractivity contribution in [3.05, 3.63) is 28.8 Å². The van der Waals surface area contributed by atoms with Crippen LogP contribution in [0, 0.1) is 0 Å². The van der Waals surface area contributed by atoms with Crippen molar-refractivity contribution in [2.45, 2.75) is 36.8 Å². The number of halogens is 1. The van der Waals surface area contributed by atoms with Crippen LogP contribution in [-0.4, -0.2) is 60.0 Å². The number of carbonyl (C=O) groups is 2. The van der Waals surface area contributed by atoms with E-state index < -0.39 is 34.0 Å². The van der Waals surface area contributed by atoms with E-state index in [0.29, 0.717) is 13.1 Å². The molecule has 1 fully saturated rings. The smallest absolute Gasteiger partial charge is 0.328 e. The Balaban J connectivity index is 2.32. The third kappa shape index (κ3) is 4.30. The topological polar surface area (TPSA) is 124 Å². The predicted octanol–water partition coefficient (Wildman–Crippen LogP) is 0.688. The van der Waals surface area contributed by atoms with E-state index in [9.17, 15) is 23.1 Å². The maximum absolute atomic E-state index is 12.6. The third-order valence-corrected chi connectivity index (χ3v) is 6.29. The quantitative estimate of drug-likeness (QED) is 0.656. The zero-order valence-corrected chi connectivity index (χ0v) is 15.0. The number of hydrogen-bond donors (Lipinski definition) is 3. The molecule has 138 valence electrons. The van der Waals surface area contributed by atoms with Crippen LogP contribution >= 0.6 is 11.6 Å². The van der Waals surface area contributed by atoms with Gasteiger partial charge in [-0.05, 0) is 38.0 Å². The number of rotatable bonds is 6. The van der Waals surface area contributed by atoms with E-state index in [0.717, 1.165) is 18.9 Å². The molecular weight excluding hydrogens is 372 g/mol. The van der Waals surface area contributed by atoms with Crippen LogP contribution in [0.1, 0.15) is 30.1 Å². The molecule has 1 aromatic carbocycles. The molecule has 8 nitrogen and oxygen atoms in total. The summed E-state index contributed by atoms with van der Waals surface area (Å²) < 4.78 is 26.6. The van der Waals surface area contributed by atoms with Crippen molar-refractivity contribution in [1.82, 2.24) is 9.62 Å². The molecule has 1 heterocycles. The molecule has 1 aliphatic heterocycles. The number of aliphatic carboxylic acids is 1. The minimum absolute atomic E-state index is 0.0197. The van der Waals surface area contributed by atoms with Gasteiger partial charge in [-0.1, -0.05) is 11.6 Å². The molecule has 0 aromatic heterocycles. The standard InChI is InChI=1S/C15H19ClN2O6S/c1-9(19)13(15(21)22)17-14(20)10-4-5-11(16)12(8-10)25(23,24)18-6-2-3-7-18/h4-5,8-9,13,19H,2-3,6-7H2,1H3,(H,17,20)(H,21,22). The van der Waals surface area contributed by atoms with E-state index in [1.54, 1.807) is 0 Å². The molecule has 1 saturated heterocycles. The fraction of sp³-hybridized carbons (Fsp3) is 0.467. The first kappa shape index (κ1) is 19.6. The highest BCUT2D eigenvalue weighted by atomic mass is 35.5. The summed E-state index contributed by atoms with van der Waals surface area (Å²) in [5.41, 5.74) is -0.0610. The van der Waals surface area contributed by atoms with Crippen LogP contribution in [0.25, 0.3) is 0 Å². The van der Waals surface area contributed by atoms with Gasteiger partial charge in [0, 0.05) is 18.7 Å². The van der Waals surface area contributed by atoms with Gasteiger partial charge in [-0.15, -0.1) is 0 Å². The van der Waals surface area contributed by atoms with Gasteiger partial charge in [0.2, 0.25) is 10.0 Å². The number of amides is 1. The summed E-state index contributed by atoms with van der Waals surface area (Å²) >= 11 is 6.00. The summed E-state index contributed by atoms with van der Waals surface area (Å²) in [6, 6.07) is 2.17. The average molecular weight is 391 g/mol. The fourth-order valence-corrected chi connectivity index (χ4v) is 4.54. The van der Waals surface area contributed by atoms with Gasteiger partial charge in [0.25, 0.3) is 5.91 Å². The number of aliphatic hydroxyl groups is 1. The van der Waals surface area contributed by atoms with Crippen molar-refractivity contribution < 1.29 is 28.2 Å². The normalized spacial score (nSPS) is 17.9. The molecule has 0 bridgehead atoms. The van der Waals surface area contributed by atoms with E-state index in [-0.39, 0.29) is 15.5 Å². The Morgan fingerprint density at radius 1 is 1.28 bits per heavy atom. The highest BCUT2D eigenvalue weighted by Crippen LogP contribution is 2.28. The fourth-order valence-electron chi connectivity index (χ4n) is 2.52. The number of carboxylic acids is 1. The Bertz CT molecular complexity index is 774. The SMILES string of the molecule is CC(O)C(NC(=O)c1ccc(Cl)c(S(=O)(=O)N2CCCC2)c1)C(=O)O. The molecule has 1 aromatic rings. The van der Waals surface area contributed by atoms with Crippen LogP contribution < -0.4 is 5.32 Å². The van der Waals surface area contributed by atoms with Crippen molar-refractivity contribution >= 4 is 33.5 Å². The molecule has 10 heteroatoms. The first-order chi connectivity index (χ1) is 11.6. The van der Waals surface area contributed by atoms with Gasteiger partial charge in [0.05, 0.1) is 11.1 Å². The Hall–Kier alpha value is -1.68. The van der Waals surface area contributed by atoms with E-state index in [1.165, 1.54) is 23.4 Å². The third-order valence-electron chi connectivity index (χ3n) is 3.91. The van der Waals surface area contributed by atoms with Crippen molar-refractivity contribution in [3.8, 4) is 0 Å². The number of benzene rings is 1. The highest BCUT2D eigenvalue weighted by molar-refractivity contribution is 7.89. The van der Waals surface area contributed by atoms with Crippen LogP contribution in [0.2, 0.25) is 5.02 Å². The number of nitrogens with zero attached hydrogens (tertiary/aromatic N) is 1. The lowest BCUT2D eigenvalue weighted by molar-refractivity contribution is -0.141. The minimum atomic E-state index is -3.83. The summed E-state index contributed by atoms with van der Waals surface area (Å²) in [5.74, 6) is -2.22. The molecular formula is C15H19ClN2O6S. The molecule has 3 N–H and O–H groups in total. The van der Waals surface area contributed by atoms with Gasteiger partial charge >= 0.3 is 5.97 Å². The van der Waals surface area contributed by atoms with Gasteiger partial charge in [0.15, 0.2) is 6.04 Å². The second-order valence-electron chi connectivity index (χ2n) is 5.79. The molecule has 0 aliphatic carbocycles. The van der Waals surface area contributed by atoms with Gasteiger partial charge in [0.1, 0.15) is 4.90 Å². The summed E-state index contributed by atoms with van der Waals surface area (Å²) in [7, 11) is -3.83. The first-order valence-corrected chi connectivity index (χ1v) is 9.48. The second-order valence-corrected chi connectivity index (χ2v) is 8.10. The zero-order valence-electron chi connectivity index (χ0n) is 13.5. The number of hydrogen-bond acceptors (Lipinski definition) is 5. The molecule has 0 saturated carbocycles. The van der Waals surface area contributed by atoms with Crippen molar-refractivity contribution in [2.24, 2.45) is 0 Å². The largest absolute Gasteiger partial charge is 0.480 e. The lowest BCUT2D eigenvalue weighted by atomic mass is 10.1. The number of carbonyl (C=O) groups excluding carboxylic acids is 1. The summed E-state index contributed by atoms with van der Waals surface area (Å²) in [6.07, 6.45) is 0.193. The molecule has 1 amide bonds. The molecule has 2 rings (SSSR count). The Morgan fingerprint density at radius 2 is 1.88 bits per heavy atom. The Labute approximate surface area is 150 Å². The van der Waals surface area contributed by atoms with Gasteiger partial charge in [-0.2, -0.15) is 4.31 Å². The van der Waals surface area contributed by atoms with E-state index in [4.69, 9.17) is 16.7 Å². The molecule has 1 aliphatic rings. The summed E-state index contributed by atoms with van der Waals surface area (Å²) in [5, 5.41) is 20.6. The second kappa shape index (κ2) is 7.69. The summed E-state index contributed by atoms with van der Waals surface area (Å²) in [6.45, 7) is 2.00. The van der Waals surface area contributed by atoms with Gasteiger partial charge < -0.3 is 15.5 Å². The van der Waals surface area contributed by atoms with E-state index >= 15 is 0 Å². The predicted molar refractivity (Wildman–Crippen MR) is 90.0 cm³/mol.